The van der Waals surface area contributed by atoms with E-state index in [-0.39, 0.29) is 12.0 Å². The van der Waals surface area contributed by atoms with Gasteiger partial charge in [-0.3, -0.25) is 4.98 Å². The van der Waals surface area contributed by atoms with Crippen molar-refractivity contribution >= 4 is 10.0 Å². The zero-order valence-corrected chi connectivity index (χ0v) is 16.6. The summed E-state index contributed by atoms with van der Waals surface area (Å²) in [7, 11) is -3.55. The summed E-state index contributed by atoms with van der Waals surface area (Å²) < 4.78 is 34.0. The molecular weight excluding hydrogens is 360 g/mol. The van der Waals surface area contributed by atoms with Gasteiger partial charge in [0.15, 0.2) is 0 Å². The van der Waals surface area contributed by atoms with Crippen molar-refractivity contribution in [3.8, 4) is 0 Å². The maximum atomic E-state index is 12.8. The first-order valence-electron chi connectivity index (χ1n) is 9.66. The van der Waals surface area contributed by atoms with Crippen molar-refractivity contribution in [2.24, 2.45) is 5.92 Å². The minimum Gasteiger partial charge on any atom is -0.379 e. The number of benzene rings is 1. The molecule has 0 aliphatic carbocycles. The average Bonchev–Trinajstić information content (AvgIpc) is 3.09. The highest BCUT2D eigenvalue weighted by Gasteiger charge is 2.32. The topological polar surface area (TPSA) is 68.3 Å². The summed E-state index contributed by atoms with van der Waals surface area (Å²) in [4.78, 5) is 4.34. The number of hydrogen-bond donors (Lipinski definition) is 1. The van der Waals surface area contributed by atoms with Crippen molar-refractivity contribution in [3.63, 3.8) is 0 Å². The summed E-state index contributed by atoms with van der Waals surface area (Å²) in [6.07, 6.45) is 8.79. The summed E-state index contributed by atoms with van der Waals surface area (Å²) in [6.45, 7) is 3.14. The zero-order chi connectivity index (χ0) is 19.1. The van der Waals surface area contributed by atoms with Crippen molar-refractivity contribution in [2.45, 2.75) is 50.0 Å². The molecule has 3 rings (SSSR count). The molecule has 1 aliphatic heterocycles. The third-order valence-electron chi connectivity index (χ3n) is 5.05. The lowest BCUT2D eigenvalue weighted by molar-refractivity contribution is 0.183. The summed E-state index contributed by atoms with van der Waals surface area (Å²) in [5.41, 5.74) is 2.32. The first-order valence-corrected chi connectivity index (χ1v) is 11.1. The normalized spacial score (nSPS) is 20.0. The summed E-state index contributed by atoms with van der Waals surface area (Å²) in [5.74, 6) is 0.121. The Morgan fingerprint density at radius 3 is 2.48 bits per heavy atom. The fourth-order valence-corrected chi connectivity index (χ4v) is 4.72. The van der Waals surface area contributed by atoms with E-state index in [2.05, 4.69) is 16.6 Å². The van der Waals surface area contributed by atoms with Crippen molar-refractivity contribution in [1.29, 1.82) is 0 Å². The van der Waals surface area contributed by atoms with Gasteiger partial charge in [-0.05, 0) is 54.7 Å². The molecule has 0 amide bonds. The molecule has 5 nitrogen and oxygen atoms in total. The highest BCUT2D eigenvalue weighted by molar-refractivity contribution is 7.89. The van der Waals surface area contributed by atoms with Gasteiger partial charge in [-0.2, -0.15) is 0 Å². The number of pyridine rings is 1. The lowest BCUT2D eigenvalue weighted by Gasteiger charge is -2.19. The third-order valence-corrected chi connectivity index (χ3v) is 6.56. The zero-order valence-electron chi connectivity index (χ0n) is 15.8. The fraction of sp³-hybridized carbons (Fsp3) is 0.476. The van der Waals surface area contributed by atoms with Crippen LogP contribution in [0.15, 0.2) is 53.7 Å². The molecule has 1 fully saturated rings. The maximum Gasteiger partial charge on any atom is 0.240 e. The lowest BCUT2D eigenvalue weighted by Crippen LogP contribution is -2.40. The molecule has 2 heterocycles. The molecule has 0 bridgehead atoms. The molecular formula is C21H28N2O3S. The van der Waals surface area contributed by atoms with Crippen LogP contribution in [0.5, 0.6) is 0 Å². The molecule has 6 heteroatoms. The molecule has 1 aromatic carbocycles. The Bertz CT molecular complexity index is 807. The van der Waals surface area contributed by atoms with E-state index in [1.807, 2.05) is 24.3 Å². The fourth-order valence-electron chi connectivity index (χ4n) is 3.43. The highest BCUT2D eigenvalue weighted by atomic mass is 32.2. The Hall–Kier alpha value is -1.76. The lowest BCUT2D eigenvalue weighted by atomic mass is 9.96. The molecule has 2 aromatic rings. The first kappa shape index (κ1) is 20.0. The van der Waals surface area contributed by atoms with Gasteiger partial charge in [0.2, 0.25) is 10.0 Å². The standard InChI is InChI=1S/C21H28N2O3S/c1-2-3-4-5-17-6-8-20(9-7-17)27(24,25)23-21-16-26-15-19(21)14-18-10-12-22-13-11-18/h6-13,19,21,23H,2-5,14-16H2,1H3/t19-,21+/m1/s1. The summed E-state index contributed by atoms with van der Waals surface area (Å²) in [5, 5.41) is 0. The number of aryl methyl sites for hydroxylation is 1. The molecule has 2 atom stereocenters. The molecule has 1 aromatic heterocycles. The predicted octanol–water partition coefficient (Wildman–Crippen LogP) is 3.35. The van der Waals surface area contributed by atoms with E-state index >= 15 is 0 Å². The SMILES string of the molecule is CCCCCc1ccc(S(=O)(=O)N[C@H]2COC[C@H]2Cc2ccncc2)cc1. The van der Waals surface area contributed by atoms with Crippen LogP contribution in [-0.2, 0) is 27.6 Å². The summed E-state index contributed by atoms with van der Waals surface area (Å²) >= 11 is 0. The van der Waals surface area contributed by atoms with Crippen LogP contribution in [0.1, 0.15) is 37.3 Å². The Kier molecular flexibility index (Phi) is 6.99. The first-order chi connectivity index (χ1) is 13.1. The molecule has 0 spiro atoms. The van der Waals surface area contributed by atoms with Crippen molar-refractivity contribution in [1.82, 2.24) is 9.71 Å². The Morgan fingerprint density at radius 2 is 1.78 bits per heavy atom. The van der Waals surface area contributed by atoms with E-state index in [0.29, 0.717) is 18.1 Å². The molecule has 146 valence electrons. The van der Waals surface area contributed by atoms with Gasteiger partial charge in [0.25, 0.3) is 0 Å². The van der Waals surface area contributed by atoms with E-state index in [1.165, 1.54) is 18.4 Å². The van der Waals surface area contributed by atoms with Crippen molar-refractivity contribution < 1.29 is 13.2 Å². The van der Waals surface area contributed by atoms with Gasteiger partial charge >= 0.3 is 0 Å². The number of ether oxygens (including phenoxy) is 1. The molecule has 1 aliphatic rings. The van der Waals surface area contributed by atoms with E-state index in [4.69, 9.17) is 4.74 Å². The smallest absolute Gasteiger partial charge is 0.240 e. The monoisotopic (exact) mass is 388 g/mol. The van der Waals surface area contributed by atoms with Gasteiger partial charge in [-0.15, -0.1) is 0 Å². The predicted molar refractivity (Wildman–Crippen MR) is 106 cm³/mol. The van der Waals surface area contributed by atoms with Crippen LogP contribution in [0.2, 0.25) is 0 Å². The van der Waals surface area contributed by atoms with E-state index in [0.717, 1.165) is 24.8 Å². The average molecular weight is 389 g/mol. The molecule has 27 heavy (non-hydrogen) atoms. The van der Waals surface area contributed by atoms with E-state index in [9.17, 15) is 8.42 Å². The van der Waals surface area contributed by atoms with Gasteiger partial charge in [0.05, 0.1) is 24.2 Å². The minimum atomic E-state index is -3.55. The number of unbranched alkanes of at least 4 members (excludes halogenated alkanes) is 2. The third kappa shape index (κ3) is 5.61. The van der Waals surface area contributed by atoms with Crippen LogP contribution in [0.4, 0.5) is 0 Å². The highest BCUT2D eigenvalue weighted by Crippen LogP contribution is 2.21. The number of aromatic nitrogens is 1. The maximum absolute atomic E-state index is 12.8. The van der Waals surface area contributed by atoms with Crippen LogP contribution in [0.3, 0.4) is 0 Å². The number of nitrogens with zero attached hydrogens (tertiary/aromatic N) is 1. The van der Waals surface area contributed by atoms with Crippen LogP contribution in [-0.4, -0.2) is 32.7 Å². The van der Waals surface area contributed by atoms with Gasteiger partial charge in [0, 0.05) is 18.3 Å². The van der Waals surface area contributed by atoms with Crippen LogP contribution in [0.25, 0.3) is 0 Å². The second kappa shape index (κ2) is 9.44. The quantitative estimate of drug-likeness (QED) is 0.669. The van der Waals surface area contributed by atoms with Gasteiger partial charge in [-0.1, -0.05) is 31.9 Å². The Balaban J connectivity index is 1.62. The second-order valence-electron chi connectivity index (χ2n) is 7.19. The van der Waals surface area contributed by atoms with Crippen LogP contribution < -0.4 is 4.72 Å². The van der Waals surface area contributed by atoms with Gasteiger partial charge in [0.1, 0.15) is 0 Å². The molecule has 0 unspecified atom stereocenters. The van der Waals surface area contributed by atoms with Gasteiger partial charge in [-0.25, -0.2) is 13.1 Å². The molecule has 1 saturated heterocycles. The minimum absolute atomic E-state index is 0.121. The molecule has 0 radical (unpaired) electrons. The van der Waals surface area contributed by atoms with Crippen LogP contribution >= 0.6 is 0 Å². The Labute approximate surface area is 162 Å². The number of nitrogens with one attached hydrogen (secondary N) is 1. The number of sulfonamides is 1. The summed E-state index contributed by atoms with van der Waals surface area (Å²) in [6, 6.07) is 11.0. The van der Waals surface area contributed by atoms with Crippen molar-refractivity contribution in [3.05, 3.63) is 59.9 Å². The number of rotatable bonds is 9. The largest absolute Gasteiger partial charge is 0.379 e. The van der Waals surface area contributed by atoms with E-state index < -0.39 is 10.0 Å². The second-order valence-corrected chi connectivity index (χ2v) is 8.90. The Morgan fingerprint density at radius 1 is 1.04 bits per heavy atom. The molecule has 0 saturated carbocycles. The van der Waals surface area contributed by atoms with E-state index in [1.54, 1.807) is 24.5 Å². The molecule has 1 N–H and O–H groups in total. The van der Waals surface area contributed by atoms with Gasteiger partial charge < -0.3 is 4.74 Å². The van der Waals surface area contributed by atoms with Crippen LogP contribution in [0, 0.1) is 5.92 Å². The number of hydrogen-bond acceptors (Lipinski definition) is 4. The van der Waals surface area contributed by atoms with Crippen molar-refractivity contribution in [2.75, 3.05) is 13.2 Å².